The molecule has 0 aromatic carbocycles. The molecule has 0 unspecified atom stereocenters. The molecule has 8 heteroatoms. The van der Waals surface area contributed by atoms with Crippen LogP contribution in [0.5, 0.6) is 0 Å². The van der Waals surface area contributed by atoms with E-state index in [0.717, 1.165) is 18.4 Å². The lowest BCUT2D eigenvalue weighted by molar-refractivity contribution is -0.130. The number of rotatable bonds is 2. The first-order chi connectivity index (χ1) is 12.4. The van der Waals surface area contributed by atoms with E-state index in [1.165, 1.54) is 6.20 Å². The summed E-state index contributed by atoms with van der Waals surface area (Å²) < 4.78 is 6.80. The number of likely N-dealkylation sites (tertiary alicyclic amines) is 2. The number of nitrogens with zero attached hydrogens (tertiary/aromatic N) is 5. The van der Waals surface area contributed by atoms with Crippen LogP contribution in [0.15, 0.2) is 23.1 Å². The highest BCUT2D eigenvalue weighted by atomic mass is 16.5. The van der Waals surface area contributed by atoms with Gasteiger partial charge < -0.3 is 14.3 Å². The summed E-state index contributed by atoms with van der Waals surface area (Å²) in [5.41, 5.74) is 1.36. The van der Waals surface area contributed by atoms with E-state index >= 15 is 0 Å². The molecule has 8 nitrogen and oxygen atoms in total. The quantitative estimate of drug-likeness (QED) is 0.810. The second-order valence-electron chi connectivity index (χ2n) is 7.35. The number of hydrogen-bond donors (Lipinski definition) is 0. The first-order valence-electron chi connectivity index (χ1n) is 8.88. The number of carbonyl (C=O) groups is 2. The Balaban J connectivity index is 1.56. The van der Waals surface area contributed by atoms with Crippen LogP contribution in [-0.4, -0.2) is 62.2 Å². The van der Waals surface area contributed by atoms with Gasteiger partial charge >= 0.3 is 0 Å². The zero-order valence-corrected chi connectivity index (χ0v) is 15.3. The van der Waals surface area contributed by atoms with Gasteiger partial charge in [-0.3, -0.25) is 14.3 Å². The largest absolute Gasteiger partial charge is 0.361 e. The summed E-state index contributed by atoms with van der Waals surface area (Å²) in [5.74, 6) is 0.761. The van der Waals surface area contributed by atoms with Gasteiger partial charge in [0, 0.05) is 45.7 Å². The van der Waals surface area contributed by atoms with E-state index in [2.05, 4.69) is 10.3 Å². The van der Waals surface area contributed by atoms with E-state index < -0.39 is 0 Å². The molecule has 4 rings (SSSR count). The van der Waals surface area contributed by atoms with Gasteiger partial charge in [-0.1, -0.05) is 5.16 Å². The molecule has 138 valence electrons. The average molecular weight is 357 g/mol. The van der Waals surface area contributed by atoms with Crippen molar-refractivity contribution in [1.29, 1.82) is 0 Å². The molecule has 2 saturated heterocycles. The maximum Gasteiger partial charge on any atom is 0.259 e. The third kappa shape index (κ3) is 2.43. The molecular weight excluding hydrogens is 334 g/mol. The minimum atomic E-state index is -0.249. The standard InChI is InChI=1S/C18H23N5O3/c1-12-14(10-20-26-12)17(25)23-6-4-18(5-7-23)15(8-16(24)22(18)3)13-9-19-21(2)11-13/h9-11,15H,4-8H2,1-3H3/t15-/m0/s1. The van der Waals surface area contributed by atoms with Gasteiger partial charge in [-0.15, -0.1) is 0 Å². The molecule has 1 atom stereocenters. The molecule has 4 heterocycles. The Hall–Kier alpha value is -2.64. The fraction of sp³-hybridized carbons (Fsp3) is 0.556. The van der Waals surface area contributed by atoms with Gasteiger partial charge in [0.05, 0.1) is 17.9 Å². The van der Waals surface area contributed by atoms with Gasteiger partial charge in [0.25, 0.3) is 5.91 Å². The third-order valence-corrected chi connectivity index (χ3v) is 6.09. The zero-order chi connectivity index (χ0) is 18.5. The van der Waals surface area contributed by atoms with Crippen molar-refractivity contribution in [3.8, 4) is 0 Å². The molecule has 2 aliphatic rings. The van der Waals surface area contributed by atoms with E-state index in [1.54, 1.807) is 11.6 Å². The molecule has 26 heavy (non-hydrogen) atoms. The molecule has 2 fully saturated rings. The van der Waals surface area contributed by atoms with E-state index in [0.29, 0.717) is 30.8 Å². The molecule has 2 amide bonds. The monoisotopic (exact) mass is 357 g/mol. The number of aryl methyl sites for hydroxylation is 2. The summed E-state index contributed by atoms with van der Waals surface area (Å²) in [6.45, 7) is 2.96. The second kappa shape index (κ2) is 5.96. The van der Waals surface area contributed by atoms with Crippen molar-refractivity contribution in [1.82, 2.24) is 24.7 Å². The second-order valence-corrected chi connectivity index (χ2v) is 7.35. The van der Waals surface area contributed by atoms with Crippen molar-refractivity contribution in [2.75, 3.05) is 20.1 Å². The minimum Gasteiger partial charge on any atom is -0.361 e. The normalized spacial score (nSPS) is 22.4. The van der Waals surface area contributed by atoms with Gasteiger partial charge in [-0.2, -0.15) is 5.10 Å². The summed E-state index contributed by atoms with van der Waals surface area (Å²) in [5, 5.41) is 7.98. The van der Waals surface area contributed by atoms with Gasteiger partial charge in [0.15, 0.2) is 0 Å². The van der Waals surface area contributed by atoms with E-state index in [1.807, 2.05) is 36.3 Å². The Morgan fingerprint density at radius 2 is 2.00 bits per heavy atom. The van der Waals surface area contributed by atoms with Crippen LogP contribution in [0.2, 0.25) is 0 Å². The van der Waals surface area contributed by atoms with Crippen molar-refractivity contribution in [3.63, 3.8) is 0 Å². The highest BCUT2D eigenvalue weighted by Gasteiger charge is 2.53. The summed E-state index contributed by atoms with van der Waals surface area (Å²) in [7, 11) is 3.78. The van der Waals surface area contributed by atoms with Crippen molar-refractivity contribution >= 4 is 11.8 Å². The Morgan fingerprint density at radius 3 is 2.58 bits per heavy atom. The lowest BCUT2D eigenvalue weighted by Gasteiger charge is -2.46. The number of likely N-dealkylation sites (N-methyl/N-ethyl adjacent to an activating group) is 1. The topological polar surface area (TPSA) is 84.5 Å². The molecule has 2 aliphatic heterocycles. The van der Waals surface area contributed by atoms with Crippen LogP contribution in [-0.2, 0) is 11.8 Å². The first-order valence-corrected chi connectivity index (χ1v) is 8.88. The molecule has 0 saturated carbocycles. The number of hydrogen-bond acceptors (Lipinski definition) is 5. The number of carbonyl (C=O) groups excluding carboxylic acids is 2. The van der Waals surface area contributed by atoms with Gasteiger partial charge in [-0.25, -0.2) is 0 Å². The lowest BCUT2D eigenvalue weighted by atomic mass is 9.74. The van der Waals surface area contributed by atoms with Crippen LogP contribution in [0.4, 0.5) is 0 Å². The molecule has 0 N–H and O–H groups in total. The molecule has 0 aliphatic carbocycles. The zero-order valence-electron chi connectivity index (χ0n) is 15.3. The fourth-order valence-corrected chi connectivity index (χ4v) is 4.49. The Bertz CT molecular complexity index is 847. The van der Waals surface area contributed by atoms with E-state index in [-0.39, 0.29) is 23.3 Å². The molecule has 2 aromatic heterocycles. The van der Waals surface area contributed by atoms with Gasteiger partial charge in [0.1, 0.15) is 11.3 Å². The highest BCUT2D eigenvalue weighted by molar-refractivity contribution is 5.95. The van der Waals surface area contributed by atoms with Crippen LogP contribution >= 0.6 is 0 Å². The predicted molar refractivity (Wildman–Crippen MR) is 92.4 cm³/mol. The summed E-state index contributed by atoms with van der Waals surface area (Å²) in [6.07, 6.45) is 7.34. The Labute approximate surface area is 151 Å². The maximum absolute atomic E-state index is 12.7. The third-order valence-electron chi connectivity index (χ3n) is 6.09. The van der Waals surface area contributed by atoms with Gasteiger partial charge in [-0.05, 0) is 25.3 Å². The molecule has 1 spiro atoms. The van der Waals surface area contributed by atoms with E-state index in [4.69, 9.17) is 4.52 Å². The summed E-state index contributed by atoms with van der Waals surface area (Å²) in [6, 6.07) is 0. The summed E-state index contributed by atoms with van der Waals surface area (Å²) >= 11 is 0. The van der Waals surface area contributed by atoms with Crippen molar-refractivity contribution in [2.24, 2.45) is 7.05 Å². The smallest absolute Gasteiger partial charge is 0.259 e. The molecule has 0 radical (unpaired) electrons. The minimum absolute atomic E-state index is 0.0523. The Morgan fingerprint density at radius 1 is 1.27 bits per heavy atom. The first kappa shape index (κ1) is 16.8. The predicted octanol–water partition coefficient (Wildman–Crippen LogP) is 1.34. The SMILES string of the molecule is Cc1oncc1C(=O)N1CCC2(CC1)[C@H](c1cnn(C)c1)CC(=O)N2C. The fourth-order valence-electron chi connectivity index (χ4n) is 4.49. The van der Waals surface area contributed by atoms with Crippen molar-refractivity contribution in [2.45, 2.75) is 37.6 Å². The average Bonchev–Trinajstić information content (AvgIpc) is 3.31. The number of aromatic nitrogens is 3. The van der Waals surface area contributed by atoms with Crippen molar-refractivity contribution in [3.05, 3.63) is 35.5 Å². The maximum atomic E-state index is 12.7. The van der Waals surface area contributed by atoms with Crippen LogP contribution in [0.1, 0.15) is 46.9 Å². The van der Waals surface area contributed by atoms with Crippen LogP contribution in [0, 0.1) is 6.92 Å². The lowest BCUT2D eigenvalue weighted by Crippen LogP contribution is -2.55. The van der Waals surface area contributed by atoms with Crippen LogP contribution < -0.4 is 0 Å². The molecule has 0 bridgehead atoms. The van der Waals surface area contributed by atoms with E-state index in [9.17, 15) is 9.59 Å². The number of piperidine rings is 1. The highest BCUT2D eigenvalue weighted by Crippen LogP contribution is 2.48. The van der Waals surface area contributed by atoms with Crippen molar-refractivity contribution < 1.29 is 14.1 Å². The number of amides is 2. The van der Waals surface area contributed by atoms with Crippen LogP contribution in [0.25, 0.3) is 0 Å². The molecule has 2 aromatic rings. The Kier molecular flexibility index (Phi) is 3.86. The van der Waals surface area contributed by atoms with Crippen LogP contribution in [0.3, 0.4) is 0 Å². The summed E-state index contributed by atoms with van der Waals surface area (Å²) in [4.78, 5) is 28.9. The molecular formula is C18H23N5O3. The van der Waals surface area contributed by atoms with Gasteiger partial charge in [0.2, 0.25) is 5.91 Å².